The third-order valence-electron chi connectivity index (χ3n) is 2.92. The molecule has 1 rings (SSSR count). The lowest BCUT2D eigenvalue weighted by molar-refractivity contribution is -0.385. The second kappa shape index (κ2) is 6.29. The van der Waals surface area contributed by atoms with Crippen molar-refractivity contribution >= 4 is 11.6 Å². The van der Waals surface area contributed by atoms with Gasteiger partial charge < -0.3 is 11.1 Å². The van der Waals surface area contributed by atoms with E-state index in [4.69, 9.17) is 5.73 Å². The maximum Gasteiger partial charge on any atom is 0.274 e. The summed E-state index contributed by atoms with van der Waals surface area (Å²) in [6.07, 6.45) is 1.36. The van der Waals surface area contributed by atoms with Gasteiger partial charge in [0.15, 0.2) is 0 Å². The lowest BCUT2D eigenvalue weighted by atomic mass is 9.96. The van der Waals surface area contributed by atoms with Crippen molar-refractivity contribution < 1.29 is 9.72 Å². The van der Waals surface area contributed by atoms with Crippen molar-refractivity contribution in [2.45, 2.75) is 38.8 Å². The molecule has 1 aromatic carbocycles. The topological polar surface area (TPSA) is 98.3 Å². The summed E-state index contributed by atoms with van der Waals surface area (Å²) in [4.78, 5) is 22.3. The summed E-state index contributed by atoms with van der Waals surface area (Å²) >= 11 is 0. The smallest absolute Gasteiger partial charge is 0.274 e. The molecule has 0 heterocycles. The number of nitrogens with two attached hydrogens (primary N) is 1. The van der Waals surface area contributed by atoms with Gasteiger partial charge in [-0.2, -0.15) is 0 Å². The number of hydrogen-bond donors (Lipinski definition) is 2. The van der Waals surface area contributed by atoms with Crippen molar-refractivity contribution in [3.63, 3.8) is 0 Å². The third-order valence-corrected chi connectivity index (χ3v) is 2.92. The van der Waals surface area contributed by atoms with Gasteiger partial charge in [-0.25, -0.2) is 0 Å². The molecule has 1 aromatic rings. The number of nitrogens with zero attached hydrogens (tertiary/aromatic N) is 1. The molecule has 3 N–H and O–H groups in total. The summed E-state index contributed by atoms with van der Waals surface area (Å²) in [5, 5.41) is 13.5. The van der Waals surface area contributed by atoms with Gasteiger partial charge in [0.05, 0.1) is 10.5 Å². The van der Waals surface area contributed by atoms with Gasteiger partial charge in [0.1, 0.15) is 0 Å². The molecule has 1 amide bonds. The first-order valence-corrected chi connectivity index (χ1v) is 6.18. The second-order valence-electron chi connectivity index (χ2n) is 4.74. The highest BCUT2D eigenvalue weighted by atomic mass is 16.6. The third kappa shape index (κ3) is 4.03. The molecule has 0 radical (unpaired) electrons. The van der Waals surface area contributed by atoms with Crippen LogP contribution in [0.5, 0.6) is 0 Å². The molecule has 0 aliphatic rings. The molecule has 0 saturated carbocycles. The molecule has 0 saturated heterocycles. The largest absolute Gasteiger partial charge is 0.350 e. The van der Waals surface area contributed by atoms with Crippen LogP contribution in [0.4, 0.5) is 5.69 Å². The molecule has 1 atom stereocenters. The average Bonchev–Trinajstić information content (AvgIpc) is 2.36. The maximum absolute atomic E-state index is 11.9. The zero-order valence-corrected chi connectivity index (χ0v) is 11.2. The fraction of sp³-hybridized carbons (Fsp3) is 0.462. The first-order valence-electron chi connectivity index (χ1n) is 6.18. The van der Waals surface area contributed by atoms with Crippen molar-refractivity contribution in [3.05, 3.63) is 39.9 Å². The van der Waals surface area contributed by atoms with Crippen molar-refractivity contribution in [2.24, 2.45) is 5.73 Å². The standard InChI is InChI=1S/C13H19N3O3/c1-3-8-13(2,14)12(17)15-9-10-6-4-5-7-11(10)16(18)19/h4-7H,3,8-9,14H2,1-2H3,(H,15,17). The van der Waals surface area contributed by atoms with E-state index >= 15 is 0 Å². The van der Waals surface area contributed by atoms with Gasteiger partial charge in [-0.15, -0.1) is 0 Å². The van der Waals surface area contributed by atoms with Gasteiger partial charge in [-0.05, 0) is 13.3 Å². The number of rotatable bonds is 6. The molecule has 0 aliphatic heterocycles. The van der Waals surface area contributed by atoms with E-state index in [9.17, 15) is 14.9 Å². The molecule has 0 spiro atoms. The van der Waals surface area contributed by atoms with E-state index in [2.05, 4.69) is 5.32 Å². The fourth-order valence-corrected chi connectivity index (χ4v) is 1.85. The monoisotopic (exact) mass is 265 g/mol. The van der Waals surface area contributed by atoms with E-state index in [0.717, 1.165) is 6.42 Å². The summed E-state index contributed by atoms with van der Waals surface area (Å²) in [6, 6.07) is 6.32. The van der Waals surface area contributed by atoms with E-state index in [1.165, 1.54) is 6.07 Å². The Labute approximate surface area is 112 Å². The molecule has 0 aliphatic carbocycles. The van der Waals surface area contributed by atoms with Crippen LogP contribution in [0.2, 0.25) is 0 Å². The lowest BCUT2D eigenvalue weighted by Gasteiger charge is -2.22. The van der Waals surface area contributed by atoms with Crippen LogP contribution in [0.15, 0.2) is 24.3 Å². The molecule has 1 unspecified atom stereocenters. The minimum Gasteiger partial charge on any atom is -0.350 e. The number of benzene rings is 1. The predicted molar refractivity (Wildman–Crippen MR) is 72.4 cm³/mol. The molecule has 104 valence electrons. The molecular weight excluding hydrogens is 246 g/mol. The number of carbonyl (C=O) groups excluding carboxylic acids is 1. The Morgan fingerprint density at radius 3 is 2.68 bits per heavy atom. The van der Waals surface area contributed by atoms with Gasteiger partial charge in [-0.3, -0.25) is 14.9 Å². The number of carbonyl (C=O) groups is 1. The summed E-state index contributed by atoms with van der Waals surface area (Å²) < 4.78 is 0. The molecular formula is C13H19N3O3. The Morgan fingerprint density at radius 2 is 2.11 bits per heavy atom. The van der Waals surface area contributed by atoms with Crippen LogP contribution in [-0.4, -0.2) is 16.4 Å². The number of hydrogen-bond acceptors (Lipinski definition) is 4. The molecule has 0 fully saturated rings. The van der Waals surface area contributed by atoms with Gasteiger partial charge in [-0.1, -0.05) is 31.5 Å². The average molecular weight is 265 g/mol. The molecule has 0 aromatic heterocycles. The van der Waals surface area contributed by atoms with Crippen LogP contribution in [-0.2, 0) is 11.3 Å². The number of amides is 1. The van der Waals surface area contributed by atoms with Crippen molar-refractivity contribution in [1.82, 2.24) is 5.32 Å². The van der Waals surface area contributed by atoms with Crippen LogP contribution in [0.1, 0.15) is 32.3 Å². The van der Waals surface area contributed by atoms with Crippen LogP contribution in [0, 0.1) is 10.1 Å². The Morgan fingerprint density at radius 1 is 1.47 bits per heavy atom. The number of nitro benzene ring substituents is 1. The van der Waals surface area contributed by atoms with Crippen molar-refractivity contribution in [3.8, 4) is 0 Å². The quantitative estimate of drug-likeness (QED) is 0.604. The van der Waals surface area contributed by atoms with Crippen LogP contribution < -0.4 is 11.1 Å². The van der Waals surface area contributed by atoms with E-state index in [0.29, 0.717) is 12.0 Å². The minimum absolute atomic E-state index is 0.00276. The maximum atomic E-state index is 11.9. The Hall–Kier alpha value is -1.95. The van der Waals surface area contributed by atoms with Crippen LogP contribution >= 0.6 is 0 Å². The first kappa shape index (κ1) is 15.1. The Balaban J connectivity index is 2.72. The first-order chi connectivity index (χ1) is 8.88. The number of para-hydroxylation sites is 1. The van der Waals surface area contributed by atoms with Gasteiger partial charge in [0, 0.05) is 18.2 Å². The van der Waals surface area contributed by atoms with E-state index in [1.807, 2.05) is 6.92 Å². The molecule has 0 bridgehead atoms. The normalized spacial score (nSPS) is 13.6. The summed E-state index contributed by atoms with van der Waals surface area (Å²) in [5.74, 6) is -0.299. The molecule has 6 nitrogen and oxygen atoms in total. The fourth-order valence-electron chi connectivity index (χ4n) is 1.85. The summed E-state index contributed by atoms with van der Waals surface area (Å²) in [6.45, 7) is 3.71. The highest BCUT2D eigenvalue weighted by molar-refractivity contribution is 5.85. The zero-order chi connectivity index (χ0) is 14.5. The predicted octanol–water partition coefficient (Wildman–Crippen LogP) is 1.73. The van der Waals surface area contributed by atoms with E-state index in [1.54, 1.807) is 25.1 Å². The number of nitro groups is 1. The second-order valence-corrected chi connectivity index (χ2v) is 4.74. The van der Waals surface area contributed by atoms with Crippen LogP contribution in [0.3, 0.4) is 0 Å². The zero-order valence-electron chi connectivity index (χ0n) is 11.2. The summed E-state index contributed by atoms with van der Waals surface area (Å²) in [7, 11) is 0. The highest BCUT2D eigenvalue weighted by Gasteiger charge is 2.27. The Bertz CT molecular complexity index is 472. The van der Waals surface area contributed by atoms with Gasteiger partial charge >= 0.3 is 0 Å². The van der Waals surface area contributed by atoms with Crippen molar-refractivity contribution in [2.75, 3.05) is 0 Å². The van der Waals surface area contributed by atoms with Crippen LogP contribution in [0.25, 0.3) is 0 Å². The Kier molecular flexibility index (Phi) is 5.00. The minimum atomic E-state index is -0.946. The van der Waals surface area contributed by atoms with Crippen molar-refractivity contribution in [1.29, 1.82) is 0 Å². The number of nitrogens with one attached hydrogen (secondary N) is 1. The molecule has 6 heteroatoms. The lowest BCUT2D eigenvalue weighted by Crippen LogP contribution is -2.51. The highest BCUT2D eigenvalue weighted by Crippen LogP contribution is 2.17. The summed E-state index contributed by atoms with van der Waals surface area (Å²) in [5.41, 5.74) is 5.40. The van der Waals surface area contributed by atoms with E-state index in [-0.39, 0.29) is 18.1 Å². The van der Waals surface area contributed by atoms with Gasteiger partial charge in [0.2, 0.25) is 5.91 Å². The molecule has 19 heavy (non-hydrogen) atoms. The van der Waals surface area contributed by atoms with Gasteiger partial charge in [0.25, 0.3) is 5.69 Å². The van der Waals surface area contributed by atoms with E-state index < -0.39 is 10.5 Å². The SMILES string of the molecule is CCCC(C)(N)C(=O)NCc1ccccc1[N+](=O)[O-].